The zero-order valence-corrected chi connectivity index (χ0v) is 51.4. The molecule has 0 aliphatic rings. The van der Waals surface area contributed by atoms with Crippen molar-refractivity contribution in [3.05, 3.63) is 334 Å². The number of fused-ring (bicyclic) bond motifs is 15. The van der Waals surface area contributed by atoms with Gasteiger partial charge in [0.25, 0.3) is 0 Å². The van der Waals surface area contributed by atoms with E-state index >= 15 is 0 Å². The number of rotatable bonds is 9. The lowest BCUT2D eigenvalue weighted by Gasteiger charge is -2.28. The van der Waals surface area contributed by atoms with Gasteiger partial charge in [0.1, 0.15) is 0 Å². The Bertz CT molecular complexity index is 6300. The number of aromatic nitrogens is 7. The fraction of sp³-hybridized carbons (Fsp3) is 0. The minimum Gasteiger partial charge on any atom is -0.309 e. The van der Waals surface area contributed by atoms with Crippen molar-refractivity contribution in [2.45, 2.75) is 0 Å². The Kier molecular flexibility index (Phi) is 11.6. The van der Waals surface area contributed by atoms with Gasteiger partial charge < -0.3 is 22.8 Å². The van der Waals surface area contributed by atoms with Crippen LogP contribution >= 0.6 is 0 Å². The van der Waals surface area contributed by atoms with Gasteiger partial charge in [-0.15, -0.1) is 0 Å². The smallest absolute Gasteiger partial charge is 0.160 e. The second-order valence-electron chi connectivity index (χ2n) is 24.8. The Morgan fingerprint density at radius 3 is 0.947 bits per heavy atom. The summed E-state index contributed by atoms with van der Waals surface area (Å²) in [6.45, 7) is 0. The van der Waals surface area contributed by atoms with Crippen molar-refractivity contribution in [1.82, 2.24) is 32.8 Å². The Hall–Kier alpha value is -12.8. The van der Waals surface area contributed by atoms with Crippen molar-refractivity contribution in [1.29, 1.82) is 0 Å². The van der Waals surface area contributed by atoms with E-state index in [1.807, 2.05) is 0 Å². The molecule has 95 heavy (non-hydrogen) atoms. The number of para-hydroxylation sites is 9. The van der Waals surface area contributed by atoms with E-state index in [0.29, 0.717) is 5.82 Å². The summed E-state index contributed by atoms with van der Waals surface area (Å²) in [4.78, 5) is 11.3. The van der Waals surface area contributed by atoms with Gasteiger partial charge in [-0.25, -0.2) is 9.97 Å². The van der Waals surface area contributed by atoms with E-state index in [-0.39, 0.29) is 0 Å². The first-order valence-corrected chi connectivity index (χ1v) is 32.5. The topological polar surface area (TPSA) is 50.4 Å². The molecule has 6 aromatic heterocycles. The second-order valence-corrected chi connectivity index (χ2v) is 24.8. The first kappa shape index (κ1) is 52.9. The first-order chi connectivity index (χ1) is 47.2. The Morgan fingerprint density at radius 1 is 0.189 bits per heavy atom. The molecule has 0 N–H and O–H groups in total. The van der Waals surface area contributed by atoms with E-state index in [1.54, 1.807) is 0 Å². The maximum Gasteiger partial charge on any atom is 0.160 e. The molecule has 20 rings (SSSR count). The summed E-state index contributed by atoms with van der Waals surface area (Å²) in [5.74, 6) is 0.635. The van der Waals surface area contributed by atoms with E-state index in [9.17, 15) is 0 Å². The highest BCUT2D eigenvalue weighted by atomic mass is 15.1. The molecule has 0 saturated carbocycles. The van der Waals surface area contributed by atoms with Gasteiger partial charge in [-0.2, -0.15) is 0 Å². The zero-order chi connectivity index (χ0) is 62.2. The average Bonchev–Trinajstić information content (AvgIpc) is 0.980. The van der Waals surface area contributed by atoms with E-state index in [0.717, 1.165) is 155 Å². The highest BCUT2D eigenvalue weighted by Crippen LogP contribution is 2.51. The summed E-state index contributed by atoms with van der Waals surface area (Å²) in [6.07, 6.45) is 0. The molecule has 0 atom stereocenters. The molecular formula is C88H55N7. The number of nitrogens with zero attached hydrogens (tertiary/aromatic N) is 7. The highest BCUT2D eigenvalue weighted by molar-refractivity contribution is 6.18. The minimum atomic E-state index is 0.635. The van der Waals surface area contributed by atoms with Gasteiger partial charge in [-0.05, 0) is 108 Å². The largest absolute Gasteiger partial charge is 0.309 e. The van der Waals surface area contributed by atoms with Crippen LogP contribution < -0.4 is 0 Å². The molecule has 0 radical (unpaired) electrons. The molecule has 6 heterocycles. The van der Waals surface area contributed by atoms with Gasteiger partial charge in [-0.3, -0.25) is 0 Å². The van der Waals surface area contributed by atoms with Crippen molar-refractivity contribution in [2.75, 3.05) is 0 Å². The fourth-order valence-electron chi connectivity index (χ4n) is 15.6. The maximum atomic E-state index is 5.86. The van der Waals surface area contributed by atoms with Gasteiger partial charge in [-0.1, -0.05) is 237 Å². The predicted molar refractivity (Wildman–Crippen MR) is 395 cm³/mol. The maximum absolute atomic E-state index is 5.86. The molecule has 7 heteroatoms. The molecule has 442 valence electrons. The lowest BCUT2D eigenvalue weighted by molar-refractivity contribution is 1.02. The summed E-state index contributed by atoms with van der Waals surface area (Å²) in [7, 11) is 0. The van der Waals surface area contributed by atoms with Crippen molar-refractivity contribution in [3.63, 3.8) is 0 Å². The molecule has 0 fully saturated rings. The molecule has 0 amide bonds. The summed E-state index contributed by atoms with van der Waals surface area (Å²) in [6, 6.07) is 122. The van der Waals surface area contributed by atoms with Crippen LogP contribution in [0.5, 0.6) is 0 Å². The third-order valence-corrected chi connectivity index (χ3v) is 19.7. The SMILES string of the molecule is c1ccc(-c2cc(-c3cc(-n4c5ccccc5c5ccccc54)c(-n4c5ccccc5c5cc(-c6ccc7c(c6)c6ccccc6n7-c6ccccc6)ccc54)c(-n4c5ccccc5c5ccccc54)c3-n3c4ccccc4c4ccccc43)nc(-c3ccccc3)n2)cc1. The van der Waals surface area contributed by atoms with Crippen LogP contribution in [0.25, 0.3) is 182 Å². The van der Waals surface area contributed by atoms with E-state index in [4.69, 9.17) is 9.97 Å². The number of benzene rings is 14. The van der Waals surface area contributed by atoms with E-state index < -0.39 is 0 Å². The number of hydrogen-bond acceptors (Lipinski definition) is 2. The molecule has 14 aromatic carbocycles. The molecule has 0 unspecified atom stereocenters. The van der Waals surface area contributed by atoms with Crippen molar-refractivity contribution in [2.24, 2.45) is 0 Å². The van der Waals surface area contributed by atoms with Crippen LogP contribution in [0, 0.1) is 0 Å². The second kappa shape index (κ2) is 20.8. The summed E-state index contributed by atoms with van der Waals surface area (Å²) < 4.78 is 12.6. The van der Waals surface area contributed by atoms with Gasteiger partial charge >= 0.3 is 0 Å². The molecule has 0 aliphatic heterocycles. The first-order valence-electron chi connectivity index (χ1n) is 32.5. The van der Waals surface area contributed by atoms with Crippen LogP contribution in [0.1, 0.15) is 0 Å². The van der Waals surface area contributed by atoms with Gasteiger partial charge in [0.05, 0.1) is 89.3 Å². The van der Waals surface area contributed by atoms with Crippen LogP contribution in [-0.2, 0) is 0 Å². The summed E-state index contributed by atoms with van der Waals surface area (Å²) >= 11 is 0. The normalized spacial score (nSPS) is 12.0. The minimum absolute atomic E-state index is 0.635. The van der Waals surface area contributed by atoms with E-state index in [2.05, 4.69) is 356 Å². The van der Waals surface area contributed by atoms with Crippen LogP contribution in [0.3, 0.4) is 0 Å². The lowest BCUT2D eigenvalue weighted by atomic mass is 9.99. The molecule has 0 saturated heterocycles. The van der Waals surface area contributed by atoms with Crippen molar-refractivity contribution in [3.8, 4) is 73.5 Å². The Morgan fingerprint density at radius 2 is 0.505 bits per heavy atom. The Balaban J connectivity index is 1.000. The third kappa shape index (κ3) is 7.94. The molecule has 0 aliphatic carbocycles. The van der Waals surface area contributed by atoms with Crippen LogP contribution in [-0.4, -0.2) is 32.8 Å². The average molecular weight is 1210 g/mol. The molecule has 0 bridgehead atoms. The van der Waals surface area contributed by atoms with Crippen LogP contribution in [0.15, 0.2) is 334 Å². The lowest BCUT2D eigenvalue weighted by Crippen LogP contribution is -2.15. The highest BCUT2D eigenvalue weighted by Gasteiger charge is 2.33. The van der Waals surface area contributed by atoms with Gasteiger partial charge in [0.15, 0.2) is 5.82 Å². The van der Waals surface area contributed by atoms with Crippen LogP contribution in [0.2, 0.25) is 0 Å². The quantitative estimate of drug-likeness (QED) is 0.145. The van der Waals surface area contributed by atoms with E-state index in [1.165, 1.54) is 21.8 Å². The monoisotopic (exact) mass is 1210 g/mol. The molecule has 20 aromatic rings. The van der Waals surface area contributed by atoms with Crippen molar-refractivity contribution < 1.29 is 0 Å². The van der Waals surface area contributed by atoms with Crippen LogP contribution in [0.4, 0.5) is 0 Å². The summed E-state index contributed by atoms with van der Waals surface area (Å²) in [5.41, 5.74) is 22.8. The van der Waals surface area contributed by atoms with Crippen molar-refractivity contribution >= 4 is 109 Å². The molecule has 0 spiro atoms. The zero-order valence-electron chi connectivity index (χ0n) is 51.4. The Labute approximate surface area is 545 Å². The summed E-state index contributed by atoms with van der Waals surface area (Å²) in [5, 5.41) is 11.7. The predicted octanol–water partition coefficient (Wildman–Crippen LogP) is 22.6. The molecule has 7 nitrogen and oxygen atoms in total. The fourth-order valence-corrected chi connectivity index (χ4v) is 15.6. The number of hydrogen-bond donors (Lipinski definition) is 0. The van der Waals surface area contributed by atoms with Gasteiger partial charge in [0.2, 0.25) is 0 Å². The standard InChI is InChI=1S/C88H55N7/c1-4-26-56(27-5-1)72-55-73(90-88(89-72)57-28-6-2-7-29-57)71-54-84(92-75-41-19-10-32-61(75)62-33-11-20-42-76(62)92)86(87(95-79-45-23-14-36-65(79)66-37-15-24-46-80(66)95)85(71)93-77-43-21-12-34-63(77)64-35-13-22-44-78(64)93)94-81-47-25-17-39-68(81)70-53-59(49-51-83(70)94)58-48-50-82-69(52-58)67-38-16-18-40-74(67)91(82)60-30-8-3-9-31-60/h1-55H. The third-order valence-electron chi connectivity index (χ3n) is 19.7. The molecular weight excluding hydrogens is 1160 g/mol. The van der Waals surface area contributed by atoms with Gasteiger partial charge in [0, 0.05) is 76.2 Å².